The summed E-state index contributed by atoms with van der Waals surface area (Å²) in [5.74, 6) is -0.471. The molecule has 2 rings (SSSR count). The largest absolute Gasteiger partial charge is 0.271 e. The Morgan fingerprint density at radius 1 is 1.24 bits per heavy atom. The first kappa shape index (κ1) is 19.7. The number of hydrogen-bond donors (Lipinski definition) is 1. The number of anilines is 1. The van der Waals surface area contributed by atoms with Crippen LogP contribution in [0.4, 0.5) is 5.69 Å². The Morgan fingerprint density at radius 3 is 2.48 bits per heavy atom. The lowest BCUT2D eigenvalue weighted by Gasteiger charge is -2.23. The fourth-order valence-corrected chi connectivity index (χ4v) is 3.88. The second kappa shape index (κ2) is 8.67. The lowest BCUT2D eigenvalue weighted by atomic mass is 10.2. The lowest BCUT2D eigenvalue weighted by molar-refractivity contribution is -0.119. The van der Waals surface area contributed by atoms with Gasteiger partial charge in [0.1, 0.15) is 6.54 Å². The normalized spacial score (nSPS) is 15.4. The molecule has 0 radical (unpaired) electrons. The Labute approximate surface area is 154 Å². The van der Waals surface area contributed by atoms with Crippen LogP contribution >= 0.6 is 11.6 Å². The van der Waals surface area contributed by atoms with E-state index < -0.39 is 15.9 Å². The molecule has 0 heterocycles. The van der Waals surface area contributed by atoms with E-state index in [2.05, 4.69) is 10.5 Å². The van der Waals surface area contributed by atoms with Gasteiger partial charge in [0.2, 0.25) is 10.0 Å². The second-order valence-electron chi connectivity index (χ2n) is 6.28. The summed E-state index contributed by atoms with van der Waals surface area (Å²) in [6, 6.07) is 4.97. The van der Waals surface area contributed by atoms with E-state index in [4.69, 9.17) is 11.6 Å². The molecule has 1 aliphatic carbocycles. The summed E-state index contributed by atoms with van der Waals surface area (Å²) in [4.78, 5) is 12.2. The fourth-order valence-electron chi connectivity index (χ4n) is 2.80. The first-order valence-electron chi connectivity index (χ1n) is 8.36. The van der Waals surface area contributed by atoms with Crippen LogP contribution in [0.2, 0.25) is 5.02 Å². The molecule has 0 bridgehead atoms. The van der Waals surface area contributed by atoms with Crippen molar-refractivity contribution in [1.82, 2.24) is 5.43 Å². The second-order valence-corrected chi connectivity index (χ2v) is 8.59. The van der Waals surface area contributed by atoms with Gasteiger partial charge < -0.3 is 0 Å². The first-order chi connectivity index (χ1) is 11.8. The van der Waals surface area contributed by atoms with Crippen LogP contribution < -0.4 is 9.73 Å². The SMILES string of the molecule is Cc1c(Cl)cccc1N(CC(=O)NN=C1CCCCCC1)S(C)(=O)=O. The molecule has 1 aromatic rings. The van der Waals surface area contributed by atoms with Gasteiger partial charge in [-0.2, -0.15) is 5.10 Å². The molecule has 1 N–H and O–H groups in total. The van der Waals surface area contributed by atoms with Crippen molar-refractivity contribution in [2.45, 2.75) is 45.4 Å². The molecule has 1 saturated carbocycles. The average Bonchev–Trinajstić information content (AvgIpc) is 2.81. The maximum absolute atomic E-state index is 12.2. The molecular weight excluding hydrogens is 362 g/mol. The van der Waals surface area contributed by atoms with Gasteiger partial charge in [0.05, 0.1) is 11.9 Å². The maximum Gasteiger partial charge on any atom is 0.260 e. The number of carbonyl (C=O) groups excluding carboxylic acids is 1. The highest BCUT2D eigenvalue weighted by atomic mass is 35.5. The highest BCUT2D eigenvalue weighted by Gasteiger charge is 2.23. The standard InChI is InChI=1S/C17H24ClN3O3S/c1-13-15(18)10-7-11-16(13)21(25(2,23)24)12-17(22)20-19-14-8-5-3-4-6-9-14/h7,10-11H,3-6,8-9,12H2,1-2H3,(H,20,22). The highest BCUT2D eigenvalue weighted by molar-refractivity contribution is 7.92. The van der Waals surface area contributed by atoms with Gasteiger partial charge in [0.25, 0.3) is 5.91 Å². The third kappa shape index (κ3) is 5.71. The van der Waals surface area contributed by atoms with Crippen LogP contribution in [-0.2, 0) is 14.8 Å². The molecule has 138 valence electrons. The van der Waals surface area contributed by atoms with E-state index in [-0.39, 0.29) is 6.54 Å². The molecular formula is C17H24ClN3O3S. The molecule has 0 unspecified atom stereocenters. The van der Waals surface area contributed by atoms with Crippen LogP contribution in [-0.4, -0.2) is 32.8 Å². The summed E-state index contributed by atoms with van der Waals surface area (Å²) in [7, 11) is -3.64. The highest BCUT2D eigenvalue weighted by Crippen LogP contribution is 2.28. The minimum absolute atomic E-state index is 0.337. The molecule has 1 amide bonds. The minimum Gasteiger partial charge on any atom is -0.271 e. The van der Waals surface area contributed by atoms with Crippen molar-refractivity contribution < 1.29 is 13.2 Å². The quantitative estimate of drug-likeness (QED) is 0.624. The molecule has 0 saturated heterocycles. The van der Waals surface area contributed by atoms with E-state index in [0.29, 0.717) is 16.3 Å². The van der Waals surface area contributed by atoms with Gasteiger partial charge in [0, 0.05) is 10.7 Å². The molecule has 0 spiro atoms. The van der Waals surface area contributed by atoms with E-state index in [1.165, 1.54) is 12.8 Å². The number of hydrazone groups is 1. The summed E-state index contributed by atoms with van der Waals surface area (Å²) in [6.45, 7) is 1.39. The Hall–Kier alpha value is -1.60. The van der Waals surface area contributed by atoms with Crippen LogP contribution in [0.3, 0.4) is 0 Å². The average molecular weight is 386 g/mol. The minimum atomic E-state index is -3.64. The van der Waals surface area contributed by atoms with Gasteiger partial charge in [0.15, 0.2) is 0 Å². The molecule has 0 aromatic heterocycles. The summed E-state index contributed by atoms with van der Waals surface area (Å²) in [5.41, 5.74) is 4.47. The molecule has 6 nitrogen and oxygen atoms in total. The first-order valence-corrected chi connectivity index (χ1v) is 10.6. The van der Waals surface area contributed by atoms with Crippen LogP contribution in [0.5, 0.6) is 0 Å². The van der Waals surface area contributed by atoms with Gasteiger partial charge in [-0.05, 0) is 50.3 Å². The molecule has 0 atom stereocenters. The maximum atomic E-state index is 12.2. The van der Waals surface area contributed by atoms with Crippen LogP contribution in [0.1, 0.15) is 44.1 Å². The number of amides is 1. The number of rotatable bonds is 5. The van der Waals surface area contributed by atoms with Crippen molar-refractivity contribution in [1.29, 1.82) is 0 Å². The molecule has 0 aliphatic heterocycles. The monoisotopic (exact) mass is 385 g/mol. The summed E-state index contributed by atoms with van der Waals surface area (Å²) in [6.07, 6.45) is 7.34. The molecule has 8 heteroatoms. The predicted octanol–water partition coefficient (Wildman–Crippen LogP) is 3.24. The van der Waals surface area contributed by atoms with Gasteiger partial charge in [-0.25, -0.2) is 13.8 Å². The van der Waals surface area contributed by atoms with E-state index in [1.54, 1.807) is 25.1 Å². The van der Waals surface area contributed by atoms with E-state index in [0.717, 1.165) is 42.0 Å². The van der Waals surface area contributed by atoms with Gasteiger partial charge in [-0.1, -0.05) is 30.5 Å². The van der Waals surface area contributed by atoms with Gasteiger partial charge >= 0.3 is 0 Å². The number of halogens is 1. The number of benzene rings is 1. The van der Waals surface area contributed by atoms with Crippen molar-refractivity contribution in [3.8, 4) is 0 Å². The van der Waals surface area contributed by atoms with E-state index in [1.807, 2.05) is 0 Å². The zero-order chi connectivity index (χ0) is 18.4. The van der Waals surface area contributed by atoms with Crippen LogP contribution in [0.15, 0.2) is 23.3 Å². The van der Waals surface area contributed by atoms with Crippen molar-refractivity contribution in [2.75, 3.05) is 17.1 Å². The summed E-state index contributed by atoms with van der Waals surface area (Å²) >= 11 is 6.08. The van der Waals surface area contributed by atoms with Crippen molar-refractivity contribution in [2.24, 2.45) is 5.10 Å². The Kier molecular flexibility index (Phi) is 6.84. The Balaban J connectivity index is 2.13. The van der Waals surface area contributed by atoms with E-state index in [9.17, 15) is 13.2 Å². The zero-order valence-electron chi connectivity index (χ0n) is 14.6. The Bertz CT molecular complexity index is 752. The smallest absolute Gasteiger partial charge is 0.260 e. The third-order valence-electron chi connectivity index (χ3n) is 4.21. The number of carbonyl (C=O) groups is 1. The van der Waals surface area contributed by atoms with Crippen molar-refractivity contribution in [3.05, 3.63) is 28.8 Å². The zero-order valence-corrected chi connectivity index (χ0v) is 16.2. The third-order valence-corrected chi connectivity index (χ3v) is 5.75. The van der Waals surface area contributed by atoms with E-state index >= 15 is 0 Å². The number of sulfonamides is 1. The van der Waals surface area contributed by atoms with Gasteiger partial charge in [-0.15, -0.1) is 0 Å². The van der Waals surface area contributed by atoms with Crippen LogP contribution in [0.25, 0.3) is 0 Å². The molecule has 25 heavy (non-hydrogen) atoms. The van der Waals surface area contributed by atoms with Gasteiger partial charge in [-0.3, -0.25) is 9.10 Å². The fraction of sp³-hybridized carbons (Fsp3) is 0.529. The molecule has 1 aromatic carbocycles. The summed E-state index contributed by atoms with van der Waals surface area (Å²) in [5, 5.41) is 4.63. The number of nitrogens with zero attached hydrogens (tertiary/aromatic N) is 2. The van der Waals surface area contributed by atoms with Crippen LogP contribution in [0, 0.1) is 6.92 Å². The number of nitrogens with one attached hydrogen (secondary N) is 1. The van der Waals surface area contributed by atoms with Crippen molar-refractivity contribution in [3.63, 3.8) is 0 Å². The Morgan fingerprint density at radius 2 is 1.88 bits per heavy atom. The number of hydrogen-bond acceptors (Lipinski definition) is 4. The molecule has 1 aliphatic rings. The topological polar surface area (TPSA) is 78.8 Å². The van der Waals surface area contributed by atoms with Crippen molar-refractivity contribution >= 4 is 38.9 Å². The molecule has 1 fully saturated rings. The lowest BCUT2D eigenvalue weighted by Crippen LogP contribution is -2.39. The summed E-state index contributed by atoms with van der Waals surface area (Å²) < 4.78 is 25.4. The predicted molar refractivity (Wildman–Crippen MR) is 102 cm³/mol.